The van der Waals surface area contributed by atoms with Gasteiger partial charge in [0.2, 0.25) is 5.56 Å². The van der Waals surface area contributed by atoms with Crippen LogP contribution in [-0.2, 0) is 5.60 Å². The smallest absolute Gasteiger partial charge is 0.255 e. The van der Waals surface area contributed by atoms with Crippen molar-refractivity contribution in [2.45, 2.75) is 38.3 Å². The Morgan fingerprint density at radius 2 is 1.96 bits per heavy atom. The highest BCUT2D eigenvalue weighted by Crippen LogP contribution is 2.36. The van der Waals surface area contributed by atoms with Gasteiger partial charge in [-0.25, -0.2) is 0 Å². The molecule has 6 nitrogen and oxygen atoms in total. The van der Waals surface area contributed by atoms with Gasteiger partial charge in [-0.15, -0.1) is 0 Å². The number of hydrogen-bond acceptors (Lipinski definition) is 4. The number of H-pyrrole nitrogens is 1. The summed E-state index contributed by atoms with van der Waals surface area (Å²) in [5.41, 5.74) is 0.317. The molecule has 2 unspecified atom stereocenters. The summed E-state index contributed by atoms with van der Waals surface area (Å²) in [7, 11) is 1.59. The number of aromatic amines is 1. The second-order valence-corrected chi connectivity index (χ2v) is 6.89. The monoisotopic (exact) mass is 356 g/mol. The minimum absolute atomic E-state index is 0.171. The summed E-state index contributed by atoms with van der Waals surface area (Å²) in [6, 6.07) is 9.82. The molecule has 2 heterocycles. The predicted molar refractivity (Wildman–Crippen MR) is 98.4 cm³/mol. The molecular weight excluding hydrogens is 332 g/mol. The molecule has 1 amide bonds. The molecular formula is C20H24N2O4. The highest BCUT2D eigenvalue weighted by molar-refractivity contribution is 5.95. The summed E-state index contributed by atoms with van der Waals surface area (Å²) in [4.78, 5) is 28.8. The Hall–Kier alpha value is -2.60. The number of carbonyl (C=O) groups excluding carboxylic acids is 1. The van der Waals surface area contributed by atoms with Crippen LogP contribution in [0.1, 0.15) is 41.4 Å². The molecule has 2 atom stereocenters. The van der Waals surface area contributed by atoms with Crippen molar-refractivity contribution in [3.63, 3.8) is 0 Å². The van der Waals surface area contributed by atoms with Gasteiger partial charge in [-0.2, -0.15) is 0 Å². The van der Waals surface area contributed by atoms with E-state index >= 15 is 0 Å². The number of carbonyl (C=O) groups is 1. The molecule has 1 saturated heterocycles. The fourth-order valence-corrected chi connectivity index (χ4v) is 3.68. The number of aromatic nitrogens is 1. The first-order chi connectivity index (χ1) is 12.3. The third kappa shape index (κ3) is 3.24. The average Bonchev–Trinajstić information content (AvgIpc) is 3.12. The van der Waals surface area contributed by atoms with Crippen molar-refractivity contribution >= 4 is 5.91 Å². The number of likely N-dealkylation sites (tertiary alicyclic amines) is 1. The summed E-state index contributed by atoms with van der Waals surface area (Å²) in [5, 5.41) is 11.2. The van der Waals surface area contributed by atoms with Crippen LogP contribution in [0.5, 0.6) is 5.75 Å². The Kier molecular flexibility index (Phi) is 4.87. The van der Waals surface area contributed by atoms with Crippen LogP contribution in [0.15, 0.2) is 41.2 Å². The van der Waals surface area contributed by atoms with Gasteiger partial charge >= 0.3 is 0 Å². The van der Waals surface area contributed by atoms with Gasteiger partial charge in [-0.1, -0.05) is 12.1 Å². The van der Waals surface area contributed by atoms with Crippen LogP contribution in [0.25, 0.3) is 0 Å². The number of benzene rings is 1. The number of ether oxygens (including phenoxy) is 1. The summed E-state index contributed by atoms with van der Waals surface area (Å²) >= 11 is 0. The van der Waals surface area contributed by atoms with Gasteiger partial charge in [0.25, 0.3) is 5.91 Å². The summed E-state index contributed by atoms with van der Waals surface area (Å²) in [5.74, 6) is 0.544. The van der Waals surface area contributed by atoms with E-state index in [0.29, 0.717) is 30.0 Å². The fourth-order valence-electron chi connectivity index (χ4n) is 3.68. The molecule has 2 aromatic rings. The summed E-state index contributed by atoms with van der Waals surface area (Å²) in [6.07, 6.45) is 1.54. The molecule has 1 aliphatic rings. The topological polar surface area (TPSA) is 82.6 Å². The van der Waals surface area contributed by atoms with E-state index in [1.165, 1.54) is 6.07 Å². The Morgan fingerprint density at radius 1 is 1.27 bits per heavy atom. The number of hydrogen-bond donors (Lipinski definition) is 2. The average molecular weight is 356 g/mol. The fraction of sp³-hybridized carbons (Fsp3) is 0.400. The van der Waals surface area contributed by atoms with Gasteiger partial charge in [0.05, 0.1) is 18.7 Å². The lowest BCUT2D eigenvalue weighted by Crippen LogP contribution is -2.48. The number of pyridine rings is 1. The normalized spacial score (nSPS) is 19.2. The van der Waals surface area contributed by atoms with E-state index in [1.807, 2.05) is 12.1 Å². The number of aryl methyl sites for hydroxylation is 1. The molecule has 0 bridgehead atoms. The van der Waals surface area contributed by atoms with Crippen LogP contribution >= 0.6 is 0 Å². The second kappa shape index (κ2) is 6.96. The highest BCUT2D eigenvalue weighted by atomic mass is 16.5. The number of nitrogens with zero attached hydrogens (tertiary/aromatic N) is 1. The van der Waals surface area contributed by atoms with E-state index in [-0.39, 0.29) is 17.5 Å². The first-order valence-corrected chi connectivity index (χ1v) is 8.72. The van der Waals surface area contributed by atoms with E-state index in [1.54, 1.807) is 44.1 Å². The van der Waals surface area contributed by atoms with Gasteiger partial charge in [0.1, 0.15) is 11.4 Å². The van der Waals surface area contributed by atoms with Crippen molar-refractivity contribution < 1.29 is 14.6 Å². The van der Waals surface area contributed by atoms with Crippen LogP contribution in [0.3, 0.4) is 0 Å². The van der Waals surface area contributed by atoms with Crippen molar-refractivity contribution in [2.75, 3.05) is 13.7 Å². The number of methoxy groups -OCH3 is 1. The lowest BCUT2D eigenvalue weighted by molar-refractivity contribution is -0.0177. The van der Waals surface area contributed by atoms with Crippen molar-refractivity contribution in [2.24, 2.45) is 0 Å². The molecule has 138 valence electrons. The van der Waals surface area contributed by atoms with Crippen molar-refractivity contribution in [3.05, 3.63) is 63.6 Å². The van der Waals surface area contributed by atoms with Gasteiger partial charge in [-0.05, 0) is 50.5 Å². The molecule has 0 aliphatic carbocycles. The zero-order chi connectivity index (χ0) is 18.9. The maximum atomic E-state index is 13.0. The molecule has 0 spiro atoms. The molecule has 1 aromatic heterocycles. The van der Waals surface area contributed by atoms with E-state index in [2.05, 4.69) is 4.98 Å². The number of aliphatic hydroxyl groups is 1. The third-order valence-corrected chi connectivity index (χ3v) is 5.18. The standard InChI is InChI=1S/C20H24N2O4/c1-13-16(10-11-18(23)21-13)19(24)22-12-4-5-17(22)20(2,25)14-6-8-15(26-3)9-7-14/h6-11,17,25H,4-5,12H2,1-3H3,(H,21,23). The summed E-state index contributed by atoms with van der Waals surface area (Å²) < 4.78 is 5.17. The predicted octanol–water partition coefficient (Wildman–Crippen LogP) is 2.20. The Bertz CT molecular complexity index is 855. The lowest BCUT2D eigenvalue weighted by atomic mass is 9.86. The quantitative estimate of drug-likeness (QED) is 0.880. The van der Waals surface area contributed by atoms with Crippen LogP contribution in [0, 0.1) is 6.92 Å². The molecule has 0 saturated carbocycles. The minimum Gasteiger partial charge on any atom is -0.497 e. The molecule has 1 aromatic carbocycles. The zero-order valence-electron chi connectivity index (χ0n) is 15.3. The van der Waals surface area contributed by atoms with Crippen molar-refractivity contribution in [1.82, 2.24) is 9.88 Å². The zero-order valence-corrected chi connectivity index (χ0v) is 15.3. The molecule has 3 rings (SSSR count). The SMILES string of the molecule is COc1ccc(C(C)(O)C2CCCN2C(=O)c2ccc(=O)[nH]c2C)cc1. The largest absolute Gasteiger partial charge is 0.497 e. The molecule has 26 heavy (non-hydrogen) atoms. The van der Waals surface area contributed by atoms with Crippen LogP contribution in [0.2, 0.25) is 0 Å². The molecule has 1 fully saturated rings. The number of amides is 1. The van der Waals surface area contributed by atoms with E-state index < -0.39 is 5.60 Å². The third-order valence-electron chi connectivity index (χ3n) is 5.18. The summed E-state index contributed by atoms with van der Waals surface area (Å²) in [6.45, 7) is 4.03. The van der Waals surface area contributed by atoms with Gasteiger partial charge in [0, 0.05) is 18.3 Å². The van der Waals surface area contributed by atoms with Crippen molar-refractivity contribution in [1.29, 1.82) is 0 Å². The molecule has 6 heteroatoms. The highest BCUT2D eigenvalue weighted by Gasteiger charge is 2.43. The Morgan fingerprint density at radius 3 is 2.58 bits per heavy atom. The van der Waals surface area contributed by atoms with Gasteiger partial charge in [0.15, 0.2) is 0 Å². The first-order valence-electron chi connectivity index (χ1n) is 8.72. The number of nitrogens with one attached hydrogen (secondary N) is 1. The molecule has 2 N–H and O–H groups in total. The maximum Gasteiger partial charge on any atom is 0.255 e. The Labute approximate surface area is 152 Å². The van der Waals surface area contributed by atoms with Crippen LogP contribution < -0.4 is 10.3 Å². The molecule has 1 aliphatic heterocycles. The minimum atomic E-state index is -1.19. The first kappa shape index (κ1) is 18.2. The van der Waals surface area contributed by atoms with E-state index in [4.69, 9.17) is 4.74 Å². The van der Waals surface area contributed by atoms with Crippen LogP contribution in [0.4, 0.5) is 0 Å². The second-order valence-electron chi connectivity index (χ2n) is 6.89. The van der Waals surface area contributed by atoms with E-state index in [9.17, 15) is 14.7 Å². The van der Waals surface area contributed by atoms with Gasteiger partial charge < -0.3 is 19.7 Å². The van der Waals surface area contributed by atoms with Crippen LogP contribution in [-0.4, -0.2) is 40.6 Å². The molecule has 0 radical (unpaired) electrons. The van der Waals surface area contributed by atoms with E-state index in [0.717, 1.165) is 12.0 Å². The Balaban J connectivity index is 1.90. The lowest BCUT2D eigenvalue weighted by Gasteiger charge is -2.37. The number of rotatable bonds is 4. The van der Waals surface area contributed by atoms with Crippen molar-refractivity contribution in [3.8, 4) is 5.75 Å². The maximum absolute atomic E-state index is 13.0. The van der Waals surface area contributed by atoms with Gasteiger partial charge in [-0.3, -0.25) is 9.59 Å².